The number of benzene rings is 1. The number of nitrogens with two attached hydrogens (primary N) is 1. The summed E-state index contributed by atoms with van der Waals surface area (Å²) in [6.07, 6.45) is 2.07. The molecule has 0 saturated heterocycles. The molecule has 3 heteroatoms. The van der Waals surface area contributed by atoms with E-state index in [0.717, 1.165) is 24.2 Å². The number of rotatable bonds is 3. The Hall–Kier alpha value is -1.06. The van der Waals surface area contributed by atoms with Crippen molar-refractivity contribution in [3.8, 4) is 5.75 Å². The first kappa shape index (κ1) is 9.49. The summed E-state index contributed by atoms with van der Waals surface area (Å²) < 4.78 is 10.3. The molecule has 0 aliphatic heterocycles. The third-order valence-electron chi connectivity index (χ3n) is 2.58. The van der Waals surface area contributed by atoms with Crippen molar-refractivity contribution < 1.29 is 9.47 Å². The molecule has 0 bridgehead atoms. The lowest BCUT2D eigenvalue weighted by molar-refractivity contribution is 0.0502. The molecule has 0 amide bonds. The number of hydrogen-bond donors (Lipinski definition) is 1. The average Bonchev–Trinajstić information content (AvgIpc) is 2.58. The molecule has 2 rings (SSSR count). The summed E-state index contributed by atoms with van der Waals surface area (Å²) in [5.41, 5.74) is 8.47. The number of hydrogen-bond acceptors (Lipinski definition) is 3. The number of fused-ring (bicyclic) bond motifs is 1. The monoisotopic (exact) mass is 193 g/mol. The Kier molecular flexibility index (Phi) is 2.70. The van der Waals surface area contributed by atoms with Crippen LogP contribution >= 0.6 is 0 Å². The molecule has 1 aromatic carbocycles. The second kappa shape index (κ2) is 3.98. The quantitative estimate of drug-likeness (QED) is 0.742. The van der Waals surface area contributed by atoms with Crippen LogP contribution in [-0.2, 0) is 11.2 Å². The second-order valence-corrected chi connectivity index (χ2v) is 3.52. The van der Waals surface area contributed by atoms with Crippen LogP contribution in [0.15, 0.2) is 18.2 Å². The van der Waals surface area contributed by atoms with Crippen LogP contribution < -0.4 is 10.5 Å². The van der Waals surface area contributed by atoms with Crippen LogP contribution in [-0.4, -0.2) is 13.9 Å². The molecular weight excluding hydrogens is 178 g/mol. The summed E-state index contributed by atoms with van der Waals surface area (Å²) in [6.45, 7) is 0.281. The summed E-state index contributed by atoms with van der Waals surface area (Å²) in [5, 5.41) is 0. The summed E-state index contributed by atoms with van der Waals surface area (Å²) in [7, 11) is 1.61. The summed E-state index contributed by atoms with van der Waals surface area (Å²) in [6, 6.07) is 6.19. The molecule has 0 aromatic heterocycles. The van der Waals surface area contributed by atoms with Crippen molar-refractivity contribution in [3.05, 3.63) is 29.3 Å². The van der Waals surface area contributed by atoms with Gasteiger partial charge in [0.1, 0.15) is 5.75 Å². The van der Waals surface area contributed by atoms with E-state index in [2.05, 4.69) is 6.07 Å². The van der Waals surface area contributed by atoms with Gasteiger partial charge in [-0.2, -0.15) is 0 Å². The highest BCUT2D eigenvalue weighted by atomic mass is 16.7. The van der Waals surface area contributed by atoms with Crippen LogP contribution in [0.5, 0.6) is 5.75 Å². The molecule has 1 aromatic rings. The van der Waals surface area contributed by atoms with Crippen molar-refractivity contribution in [2.24, 2.45) is 5.73 Å². The summed E-state index contributed by atoms with van der Waals surface area (Å²) in [4.78, 5) is 0. The fourth-order valence-electron chi connectivity index (χ4n) is 1.93. The molecule has 0 saturated carbocycles. The van der Waals surface area contributed by atoms with E-state index in [1.807, 2.05) is 12.1 Å². The van der Waals surface area contributed by atoms with Gasteiger partial charge in [0, 0.05) is 18.7 Å². The van der Waals surface area contributed by atoms with Gasteiger partial charge >= 0.3 is 0 Å². The zero-order chi connectivity index (χ0) is 9.97. The molecule has 2 N–H and O–H groups in total. The molecule has 0 spiro atoms. The van der Waals surface area contributed by atoms with Gasteiger partial charge in [-0.05, 0) is 24.5 Å². The van der Waals surface area contributed by atoms with Crippen LogP contribution in [0, 0.1) is 0 Å². The molecule has 1 aliphatic rings. The third kappa shape index (κ3) is 1.61. The van der Waals surface area contributed by atoms with Gasteiger partial charge in [-0.25, -0.2) is 0 Å². The van der Waals surface area contributed by atoms with E-state index >= 15 is 0 Å². The Balaban J connectivity index is 2.27. The van der Waals surface area contributed by atoms with Crippen LogP contribution in [0.25, 0.3) is 0 Å². The van der Waals surface area contributed by atoms with Gasteiger partial charge in [0.25, 0.3) is 0 Å². The molecule has 0 fully saturated rings. The zero-order valence-electron chi connectivity index (χ0n) is 8.32. The molecular formula is C11H15NO2. The minimum absolute atomic E-state index is 0.123. The second-order valence-electron chi connectivity index (χ2n) is 3.52. The molecule has 0 heterocycles. The van der Waals surface area contributed by atoms with Crippen molar-refractivity contribution in [1.29, 1.82) is 0 Å². The van der Waals surface area contributed by atoms with Crippen LogP contribution in [0.3, 0.4) is 0 Å². The van der Waals surface area contributed by atoms with Crippen LogP contribution in [0.1, 0.15) is 23.6 Å². The van der Waals surface area contributed by atoms with Crippen molar-refractivity contribution in [3.63, 3.8) is 0 Å². The summed E-state index contributed by atoms with van der Waals surface area (Å²) >= 11 is 0. The SMILES string of the molecule is COCOc1cccc2c1C(N)CC2. The molecule has 1 aliphatic carbocycles. The fourth-order valence-corrected chi connectivity index (χ4v) is 1.93. The predicted octanol–water partition coefficient (Wildman–Crippen LogP) is 1.62. The lowest BCUT2D eigenvalue weighted by Gasteiger charge is -2.12. The van der Waals surface area contributed by atoms with Gasteiger partial charge in [-0.3, -0.25) is 0 Å². The van der Waals surface area contributed by atoms with Gasteiger partial charge in [-0.1, -0.05) is 12.1 Å². The first-order chi connectivity index (χ1) is 6.83. The van der Waals surface area contributed by atoms with Crippen molar-refractivity contribution in [2.75, 3.05) is 13.9 Å². The van der Waals surface area contributed by atoms with Gasteiger partial charge in [-0.15, -0.1) is 0 Å². The maximum Gasteiger partial charge on any atom is 0.188 e. The number of ether oxygens (including phenoxy) is 2. The normalized spacial score (nSPS) is 19.4. The van der Waals surface area contributed by atoms with E-state index in [-0.39, 0.29) is 12.8 Å². The van der Waals surface area contributed by atoms with Crippen molar-refractivity contribution in [1.82, 2.24) is 0 Å². The molecule has 0 radical (unpaired) electrons. The van der Waals surface area contributed by atoms with Gasteiger partial charge in [0.05, 0.1) is 0 Å². The van der Waals surface area contributed by atoms with E-state index in [1.165, 1.54) is 5.56 Å². The minimum atomic E-state index is 0.123. The average molecular weight is 193 g/mol. The number of methoxy groups -OCH3 is 1. The van der Waals surface area contributed by atoms with Crippen LogP contribution in [0.2, 0.25) is 0 Å². The van der Waals surface area contributed by atoms with E-state index < -0.39 is 0 Å². The van der Waals surface area contributed by atoms with E-state index in [0.29, 0.717) is 0 Å². The van der Waals surface area contributed by atoms with Crippen molar-refractivity contribution in [2.45, 2.75) is 18.9 Å². The first-order valence-electron chi connectivity index (χ1n) is 4.82. The Morgan fingerprint density at radius 1 is 1.50 bits per heavy atom. The number of aryl methyl sites for hydroxylation is 1. The van der Waals surface area contributed by atoms with Crippen LogP contribution in [0.4, 0.5) is 0 Å². The lowest BCUT2D eigenvalue weighted by Crippen LogP contribution is -2.09. The maximum atomic E-state index is 6.00. The van der Waals surface area contributed by atoms with Crippen molar-refractivity contribution >= 4 is 0 Å². The van der Waals surface area contributed by atoms with E-state index in [4.69, 9.17) is 15.2 Å². The first-order valence-corrected chi connectivity index (χ1v) is 4.82. The van der Waals surface area contributed by atoms with Gasteiger partial charge in [0.15, 0.2) is 6.79 Å². The molecule has 3 nitrogen and oxygen atoms in total. The maximum absolute atomic E-state index is 6.00. The Bertz CT molecular complexity index is 325. The Morgan fingerprint density at radius 3 is 3.14 bits per heavy atom. The highest BCUT2D eigenvalue weighted by molar-refractivity contribution is 5.45. The lowest BCUT2D eigenvalue weighted by atomic mass is 10.1. The highest BCUT2D eigenvalue weighted by Gasteiger charge is 2.22. The largest absolute Gasteiger partial charge is 0.467 e. The molecule has 1 unspecified atom stereocenters. The third-order valence-corrected chi connectivity index (χ3v) is 2.58. The summed E-state index contributed by atoms with van der Waals surface area (Å²) in [5.74, 6) is 0.870. The molecule has 1 atom stereocenters. The fraction of sp³-hybridized carbons (Fsp3) is 0.455. The Labute approximate surface area is 83.8 Å². The topological polar surface area (TPSA) is 44.5 Å². The van der Waals surface area contributed by atoms with Gasteiger partial charge in [0.2, 0.25) is 0 Å². The minimum Gasteiger partial charge on any atom is -0.467 e. The predicted molar refractivity (Wildman–Crippen MR) is 54.2 cm³/mol. The highest BCUT2D eigenvalue weighted by Crippen LogP contribution is 2.36. The molecule has 14 heavy (non-hydrogen) atoms. The van der Waals surface area contributed by atoms with E-state index in [1.54, 1.807) is 7.11 Å². The zero-order valence-corrected chi connectivity index (χ0v) is 8.32. The van der Waals surface area contributed by atoms with Gasteiger partial charge < -0.3 is 15.2 Å². The Morgan fingerprint density at radius 2 is 2.36 bits per heavy atom. The van der Waals surface area contributed by atoms with E-state index in [9.17, 15) is 0 Å². The molecule has 76 valence electrons. The smallest absolute Gasteiger partial charge is 0.188 e. The standard InChI is InChI=1S/C11H15NO2/c1-13-7-14-10-4-2-3-8-5-6-9(12)11(8)10/h2-4,9H,5-7,12H2,1H3.